The number of rotatable bonds is 6. The van der Waals surface area contributed by atoms with Gasteiger partial charge in [0.15, 0.2) is 0 Å². The Hall–Kier alpha value is -1.39. The van der Waals surface area contributed by atoms with Crippen LogP contribution in [0.15, 0.2) is 24.3 Å². The summed E-state index contributed by atoms with van der Waals surface area (Å²) >= 11 is 0. The van der Waals surface area contributed by atoms with Crippen LogP contribution in [0, 0.1) is 6.92 Å². The lowest BCUT2D eigenvalue weighted by molar-refractivity contribution is -0.143. The van der Waals surface area contributed by atoms with E-state index in [1.165, 1.54) is 12.7 Å². The van der Waals surface area contributed by atoms with Gasteiger partial charge < -0.3 is 15.8 Å². The first kappa shape index (κ1) is 13.7. The molecule has 4 nitrogen and oxygen atoms in total. The molecule has 1 aromatic rings. The quantitative estimate of drug-likeness (QED) is 0.723. The number of hydrogen-bond acceptors (Lipinski definition) is 4. The van der Waals surface area contributed by atoms with Gasteiger partial charge in [0.2, 0.25) is 0 Å². The molecule has 0 spiro atoms. The fraction of sp³-hybridized carbons (Fsp3) is 0.462. The molecule has 0 amide bonds. The summed E-state index contributed by atoms with van der Waals surface area (Å²) in [5.74, 6) is -0.262. The van der Waals surface area contributed by atoms with Gasteiger partial charge in [-0.3, -0.25) is 4.79 Å². The third kappa shape index (κ3) is 4.54. The van der Waals surface area contributed by atoms with E-state index in [-0.39, 0.29) is 12.0 Å². The summed E-state index contributed by atoms with van der Waals surface area (Å²) in [5.41, 5.74) is 7.83. The lowest BCUT2D eigenvalue weighted by Gasteiger charge is -2.15. The first-order valence-corrected chi connectivity index (χ1v) is 5.74. The normalized spacial score (nSPS) is 12.2. The van der Waals surface area contributed by atoms with Gasteiger partial charge in [-0.15, -0.1) is 0 Å². The Morgan fingerprint density at radius 1 is 1.41 bits per heavy atom. The van der Waals surface area contributed by atoms with Crippen LogP contribution in [0.1, 0.15) is 17.5 Å². The van der Waals surface area contributed by atoms with Crippen LogP contribution in [0.4, 0.5) is 0 Å². The molecule has 0 aliphatic rings. The van der Waals surface area contributed by atoms with Crippen molar-refractivity contribution < 1.29 is 9.53 Å². The molecule has 0 heterocycles. The van der Waals surface area contributed by atoms with Crippen molar-refractivity contribution in [2.24, 2.45) is 5.73 Å². The first-order chi connectivity index (χ1) is 8.17. The maximum Gasteiger partial charge on any atom is 0.322 e. The minimum absolute atomic E-state index is 0.262. The molecule has 0 fully saturated rings. The monoisotopic (exact) mass is 236 g/mol. The topological polar surface area (TPSA) is 64.3 Å². The zero-order valence-electron chi connectivity index (χ0n) is 10.4. The molecule has 0 saturated heterocycles. The number of aryl methyl sites for hydroxylation is 1. The maximum atomic E-state index is 11.4. The van der Waals surface area contributed by atoms with Gasteiger partial charge in [0.1, 0.15) is 6.04 Å². The van der Waals surface area contributed by atoms with Crippen LogP contribution in [-0.2, 0) is 16.1 Å². The van der Waals surface area contributed by atoms with E-state index < -0.39 is 0 Å². The second-order valence-corrected chi connectivity index (χ2v) is 4.02. The summed E-state index contributed by atoms with van der Waals surface area (Å²) in [6.07, 6.45) is 0.582. The zero-order valence-corrected chi connectivity index (χ0v) is 10.4. The van der Waals surface area contributed by atoms with Crippen LogP contribution < -0.4 is 11.1 Å². The molecule has 0 saturated carbocycles. The standard InChI is InChI=1S/C13H20N2O2/c1-10-3-5-11(6-4-10)9-15-12(7-8-14)13(16)17-2/h3-6,12,15H,7-9,14H2,1-2H3. The van der Waals surface area contributed by atoms with Crippen LogP contribution in [0.2, 0.25) is 0 Å². The predicted molar refractivity (Wildman–Crippen MR) is 67.5 cm³/mol. The minimum atomic E-state index is -0.327. The van der Waals surface area contributed by atoms with Crippen LogP contribution in [-0.4, -0.2) is 25.7 Å². The number of methoxy groups -OCH3 is 1. The molecule has 0 aliphatic heterocycles. The number of carbonyl (C=O) groups is 1. The molecular weight excluding hydrogens is 216 g/mol. The van der Waals surface area contributed by atoms with E-state index in [9.17, 15) is 4.79 Å². The van der Waals surface area contributed by atoms with Crippen molar-refractivity contribution in [2.45, 2.75) is 25.9 Å². The van der Waals surface area contributed by atoms with Crippen LogP contribution >= 0.6 is 0 Å². The van der Waals surface area contributed by atoms with Gasteiger partial charge in [-0.2, -0.15) is 0 Å². The molecule has 0 bridgehead atoms. The molecule has 3 N–H and O–H groups in total. The second kappa shape index (κ2) is 7.04. The van der Waals surface area contributed by atoms with Gasteiger partial charge in [-0.05, 0) is 25.5 Å². The zero-order chi connectivity index (χ0) is 12.7. The van der Waals surface area contributed by atoms with E-state index >= 15 is 0 Å². The first-order valence-electron chi connectivity index (χ1n) is 5.74. The van der Waals surface area contributed by atoms with E-state index in [0.717, 1.165) is 5.56 Å². The molecule has 1 atom stereocenters. The van der Waals surface area contributed by atoms with Crippen LogP contribution in [0.5, 0.6) is 0 Å². The number of esters is 1. The lowest BCUT2D eigenvalue weighted by Crippen LogP contribution is -2.38. The Labute approximate surface area is 102 Å². The summed E-state index contributed by atoms with van der Waals surface area (Å²) in [5, 5.41) is 3.15. The summed E-state index contributed by atoms with van der Waals surface area (Å²) < 4.78 is 4.72. The Morgan fingerprint density at radius 3 is 2.59 bits per heavy atom. The van der Waals surface area contributed by atoms with Gasteiger partial charge in [-0.1, -0.05) is 29.8 Å². The van der Waals surface area contributed by atoms with Gasteiger partial charge in [0.05, 0.1) is 7.11 Å². The molecule has 1 rings (SSSR count). The Balaban J connectivity index is 2.51. The summed E-state index contributed by atoms with van der Waals surface area (Å²) in [6.45, 7) is 3.14. The molecule has 0 aromatic heterocycles. The molecule has 1 aromatic carbocycles. The molecule has 94 valence electrons. The molecule has 0 aliphatic carbocycles. The molecule has 17 heavy (non-hydrogen) atoms. The molecule has 1 unspecified atom stereocenters. The fourth-order valence-electron chi connectivity index (χ4n) is 1.56. The largest absolute Gasteiger partial charge is 0.468 e. The second-order valence-electron chi connectivity index (χ2n) is 4.02. The van der Waals surface area contributed by atoms with Crippen molar-refractivity contribution in [3.05, 3.63) is 35.4 Å². The number of carbonyl (C=O) groups excluding carboxylic acids is 1. The maximum absolute atomic E-state index is 11.4. The van der Waals surface area contributed by atoms with E-state index in [4.69, 9.17) is 10.5 Å². The van der Waals surface area contributed by atoms with Gasteiger partial charge >= 0.3 is 5.97 Å². The molecule has 4 heteroatoms. The molecule has 0 radical (unpaired) electrons. The number of nitrogens with one attached hydrogen (secondary N) is 1. The third-order valence-corrected chi connectivity index (χ3v) is 2.61. The average molecular weight is 236 g/mol. The van der Waals surface area contributed by atoms with E-state index in [0.29, 0.717) is 19.5 Å². The third-order valence-electron chi connectivity index (χ3n) is 2.61. The van der Waals surface area contributed by atoms with Crippen molar-refractivity contribution in [1.82, 2.24) is 5.32 Å². The highest BCUT2D eigenvalue weighted by Crippen LogP contribution is 2.04. The number of benzene rings is 1. The van der Waals surface area contributed by atoms with Gasteiger partial charge in [0, 0.05) is 6.54 Å². The average Bonchev–Trinajstić information content (AvgIpc) is 2.35. The summed E-state index contributed by atoms with van der Waals surface area (Å²) in [6, 6.07) is 7.85. The van der Waals surface area contributed by atoms with Crippen LogP contribution in [0.3, 0.4) is 0 Å². The fourth-order valence-corrected chi connectivity index (χ4v) is 1.56. The van der Waals surface area contributed by atoms with Crippen molar-refractivity contribution in [2.75, 3.05) is 13.7 Å². The number of ether oxygens (including phenoxy) is 1. The smallest absolute Gasteiger partial charge is 0.322 e. The van der Waals surface area contributed by atoms with E-state index in [1.54, 1.807) is 0 Å². The van der Waals surface area contributed by atoms with Gasteiger partial charge in [-0.25, -0.2) is 0 Å². The van der Waals surface area contributed by atoms with Gasteiger partial charge in [0.25, 0.3) is 0 Å². The van der Waals surface area contributed by atoms with Crippen molar-refractivity contribution in [1.29, 1.82) is 0 Å². The number of hydrogen-bond donors (Lipinski definition) is 2. The molecular formula is C13H20N2O2. The Kier molecular flexibility index (Phi) is 5.66. The van der Waals surface area contributed by atoms with Crippen molar-refractivity contribution >= 4 is 5.97 Å². The minimum Gasteiger partial charge on any atom is -0.468 e. The van der Waals surface area contributed by atoms with Crippen molar-refractivity contribution in [3.8, 4) is 0 Å². The lowest BCUT2D eigenvalue weighted by atomic mass is 10.1. The highest BCUT2D eigenvalue weighted by Gasteiger charge is 2.16. The van der Waals surface area contributed by atoms with E-state index in [2.05, 4.69) is 5.32 Å². The SMILES string of the molecule is COC(=O)C(CCN)NCc1ccc(C)cc1. The summed E-state index contributed by atoms with van der Waals surface area (Å²) in [4.78, 5) is 11.4. The predicted octanol–water partition coefficient (Wildman–Crippen LogP) is 0.975. The summed E-state index contributed by atoms with van der Waals surface area (Å²) in [7, 11) is 1.39. The highest BCUT2D eigenvalue weighted by atomic mass is 16.5. The van der Waals surface area contributed by atoms with E-state index in [1.807, 2.05) is 31.2 Å². The van der Waals surface area contributed by atoms with Crippen LogP contribution in [0.25, 0.3) is 0 Å². The Bertz CT molecular complexity index is 349. The Morgan fingerprint density at radius 2 is 2.06 bits per heavy atom. The number of nitrogens with two attached hydrogens (primary N) is 1. The van der Waals surface area contributed by atoms with Crippen molar-refractivity contribution in [3.63, 3.8) is 0 Å². The highest BCUT2D eigenvalue weighted by molar-refractivity contribution is 5.75.